The summed E-state index contributed by atoms with van der Waals surface area (Å²) in [6.07, 6.45) is 3.71. The zero-order valence-corrected chi connectivity index (χ0v) is 15.8. The maximum atomic E-state index is 10.3. The smallest absolute Gasteiger partial charge is 0.174 e. The molecule has 1 N–H and O–H groups in total. The van der Waals surface area contributed by atoms with Gasteiger partial charge in [-0.2, -0.15) is 5.10 Å². The average Bonchev–Trinajstić information content (AvgIpc) is 3.11. The molecule has 0 amide bonds. The van der Waals surface area contributed by atoms with Crippen LogP contribution in [0.3, 0.4) is 0 Å². The maximum Gasteiger partial charge on any atom is 0.174 e. The van der Waals surface area contributed by atoms with Crippen molar-refractivity contribution in [3.05, 3.63) is 101 Å². The van der Waals surface area contributed by atoms with Crippen LogP contribution in [0, 0.1) is 0 Å². The molecule has 5 heteroatoms. The van der Waals surface area contributed by atoms with Gasteiger partial charge in [0.1, 0.15) is 5.75 Å². The second-order valence-corrected chi connectivity index (χ2v) is 6.72. The molecular weight excluding hydrogens is 370 g/mol. The number of benzene rings is 3. The van der Waals surface area contributed by atoms with Gasteiger partial charge >= 0.3 is 0 Å². The summed E-state index contributed by atoms with van der Waals surface area (Å²) in [6.45, 7) is 0.553. The molecule has 4 nitrogen and oxygen atoms in total. The Labute approximate surface area is 168 Å². The Morgan fingerprint density at radius 1 is 0.857 bits per heavy atom. The Hall–Kier alpha value is -3.37. The van der Waals surface area contributed by atoms with Gasteiger partial charge < -0.3 is 5.11 Å². The molecule has 0 radical (unpaired) electrons. The van der Waals surface area contributed by atoms with E-state index in [2.05, 4.69) is 10.1 Å². The van der Waals surface area contributed by atoms with E-state index in [1.165, 1.54) is 0 Å². The summed E-state index contributed by atoms with van der Waals surface area (Å²) in [7, 11) is 0. The van der Waals surface area contributed by atoms with Gasteiger partial charge in [0.05, 0.1) is 12.1 Å². The standard InChI is InChI=1S/C23H18ClN3O/c24-20-12-6-4-10-18(20)14-15-22-25-23(19-11-5-7-13-21(19)28)27(26-22)16-17-8-2-1-3-9-17/h1-15,28H,16H2. The SMILES string of the molecule is Oc1ccccc1-c1nc(C=Cc2ccccc2Cl)nn1Cc1ccccc1. The van der Waals surface area contributed by atoms with Gasteiger partial charge in [-0.25, -0.2) is 9.67 Å². The summed E-state index contributed by atoms with van der Waals surface area (Å²) in [5.41, 5.74) is 2.64. The maximum absolute atomic E-state index is 10.3. The van der Waals surface area contributed by atoms with Crippen molar-refractivity contribution in [2.75, 3.05) is 0 Å². The van der Waals surface area contributed by atoms with E-state index in [-0.39, 0.29) is 5.75 Å². The third-order valence-electron chi connectivity index (χ3n) is 4.33. The van der Waals surface area contributed by atoms with E-state index in [1.54, 1.807) is 16.8 Å². The molecule has 0 spiro atoms. The van der Waals surface area contributed by atoms with E-state index < -0.39 is 0 Å². The summed E-state index contributed by atoms with van der Waals surface area (Å²) in [6, 6.07) is 24.8. The van der Waals surface area contributed by atoms with Crippen LogP contribution in [-0.2, 0) is 6.54 Å². The number of para-hydroxylation sites is 1. The first kappa shape index (κ1) is 18.0. The van der Waals surface area contributed by atoms with Crippen molar-refractivity contribution in [1.29, 1.82) is 0 Å². The zero-order chi connectivity index (χ0) is 19.3. The van der Waals surface area contributed by atoms with E-state index in [1.807, 2.05) is 78.9 Å². The molecule has 3 aromatic carbocycles. The fourth-order valence-corrected chi connectivity index (χ4v) is 3.13. The van der Waals surface area contributed by atoms with Gasteiger partial charge in [0.15, 0.2) is 11.6 Å². The lowest BCUT2D eigenvalue weighted by Gasteiger charge is -2.07. The van der Waals surface area contributed by atoms with Crippen molar-refractivity contribution < 1.29 is 5.11 Å². The third-order valence-corrected chi connectivity index (χ3v) is 4.67. The van der Waals surface area contributed by atoms with E-state index in [4.69, 9.17) is 11.6 Å². The lowest BCUT2D eigenvalue weighted by atomic mass is 10.2. The molecule has 0 atom stereocenters. The Balaban J connectivity index is 1.74. The Bertz CT molecular complexity index is 1120. The molecule has 0 aliphatic rings. The van der Waals surface area contributed by atoms with Crippen molar-refractivity contribution in [1.82, 2.24) is 14.8 Å². The Morgan fingerprint density at radius 2 is 1.57 bits per heavy atom. The Kier molecular flexibility index (Phi) is 5.22. The van der Waals surface area contributed by atoms with Crippen molar-refractivity contribution in [2.45, 2.75) is 6.54 Å². The summed E-state index contributed by atoms with van der Waals surface area (Å²) >= 11 is 6.22. The van der Waals surface area contributed by atoms with Gasteiger partial charge in [-0.05, 0) is 41.5 Å². The largest absolute Gasteiger partial charge is 0.507 e. The summed E-state index contributed by atoms with van der Waals surface area (Å²) in [5.74, 6) is 1.33. The lowest BCUT2D eigenvalue weighted by Crippen LogP contribution is -2.04. The molecular formula is C23H18ClN3O. The fourth-order valence-electron chi connectivity index (χ4n) is 2.93. The molecule has 4 aromatic rings. The minimum absolute atomic E-state index is 0.172. The first-order valence-corrected chi connectivity index (χ1v) is 9.28. The van der Waals surface area contributed by atoms with Gasteiger partial charge in [-0.1, -0.05) is 72.3 Å². The molecule has 0 aliphatic heterocycles. The molecule has 4 rings (SSSR count). The monoisotopic (exact) mass is 387 g/mol. The molecule has 0 unspecified atom stereocenters. The zero-order valence-electron chi connectivity index (χ0n) is 15.0. The van der Waals surface area contributed by atoms with Crippen LogP contribution >= 0.6 is 11.6 Å². The second-order valence-electron chi connectivity index (χ2n) is 6.31. The number of hydrogen-bond acceptors (Lipinski definition) is 3. The number of halogens is 1. The molecule has 0 saturated carbocycles. The number of rotatable bonds is 5. The van der Waals surface area contributed by atoms with Crippen LogP contribution in [0.25, 0.3) is 23.5 Å². The fraction of sp³-hybridized carbons (Fsp3) is 0.0435. The first-order chi connectivity index (χ1) is 13.7. The van der Waals surface area contributed by atoms with Crippen LogP contribution in [0.5, 0.6) is 5.75 Å². The summed E-state index contributed by atoms with van der Waals surface area (Å²) < 4.78 is 1.80. The molecule has 138 valence electrons. The van der Waals surface area contributed by atoms with Crippen LogP contribution in [-0.4, -0.2) is 19.9 Å². The minimum atomic E-state index is 0.172. The van der Waals surface area contributed by atoms with E-state index in [0.29, 0.717) is 28.8 Å². The molecule has 1 heterocycles. The topological polar surface area (TPSA) is 50.9 Å². The van der Waals surface area contributed by atoms with Gasteiger partial charge in [0.25, 0.3) is 0 Å². The number of nitrogens with zero attached hydrogens (tertiary/aromatic N) is 3. The molecule has 28 heavy (non-hydrogen) atoms. The third kappa shape index (κ3) is 3.97. The highest BCUT2D eigenvalue weighted by molar-refractivity contribution is 6.32. The van der Waals surface area contributed by atoms with Crippen molar-refractivity contribution in [3.63, 3.8) is 0 Å². The van der Waals surface area contributed by atoms with Crippen LogP contribution in [0.15, 0.2) is 78.9 Å². The molecule has 0 fully saturated rings. The molecule has 0 bridgehead atoms. The van der Waals surface area contributed by atoms with E-state index in [9.17, 15) is 5.11 Å². The number of phenolic OH excluding ortho intramolecular Hbond substituents is 1. The number of phenols is 1. The molecule has 0 saturated heterocycles. The normalized spacial score (nSPS) is 11.2. The number of aromatic hydroxyl groups is 1. The van der Waals surface area contributed by atoms with Crippen LogP contribution < -0.4 is 0 Å². The average molecular weight is 388 g/mol. The second kappa shape index (κ2) is 8.11. The minimum Gasteiger partial charge on any atom is -0.507 e. The predicted molar refractivity (Wildman–Crippen MR) is 113 cm³/mol. The van der Waals surface area contributed by atoms with Gasteiger partial charge in [-0.15, -0.1) is 0 Å². The molecule has 1 aromatic heterocycles. The van der Waals surface area contributed by atoms with E-state index in [0.717, 1.165) is 11.1 Å². The number of aromatic nitrogens is 3. The Morgan fingerprint density at radius 3 is 2.36 bits per heavy atom. The van der Waals surface area contributed by atoms with E-state index >= 15 is 0 Å². The highest BCUT2D eigenvalue weighted by atomic mass is 35.5. The predicted octanol–water partition coefficient (Wildman–Crippen LogP) is 5.52. The van der Waals surface area contributed by atoms with Gasteiger partial charge in [-0.3, -0.25) is 0 Å². The summed E-state index contributed by atoms with van der Waals surface area (Å²) in [5, 5.41) is 15.6. The van der Waals surface area contributed by atoms with Crippen LogP contribution in [0.4, 0.5) is 0 Å². The van der Waals surface area contributed by atoms with Gasteiger partial charge in [0, 0.05) is 5.02 Å². The molecule has 0 aliphatic carbocycles. The summed E-state index contributed by atoms with van der Waals surface area (Å²) in [4.78, 5) is 4.64. The van der Waals surface area contributed by atoms with Crippen LogP contribution in [0.1, 0.15) is 17.0 Å². The number of hydrogen-bond donors (Lipinski definition) is 1. The van der Waals surface area contributed by atoms with Gasteiger partial charge in [0.2, 0.25) is 0 Å². The highest BCUT2D eigenvalue weighted by Crippen LogP contribution is 2.28. The van der Waals surface area contributed by atoms with Crippen LogP contribution in [0.2, 0.25) is 5.02 Å². The first-order valence-electron chi connectivity index (χ1n) is 8.90. The lowest BCUT2D eigenvalue weighted by molar-refractivity contribution is 0.476. The highest BCUT2D eigenvalue weighted by Gasteiger charge is 2.14. The van der Waals surface area contributed by atoms with Crippen molar-refractivity contribution in [2.24, 2.45) is 0 Å². The van der Waals surface area contributed by atoms with Crippen molar-refractivity contribution >= 4 is 23.8 Å². The van der Waals surface area contributed by atoms with Crippen molar-refractivity contribution in [3.8, 4) is 17.1 Å². The quantitative estimate of drug-likeness (QED) is 0.490.